The molecule has 0 saturated heterocycles. The number of hydrogen-bond acceptors (Lipinski definition) is 3. The maximum Gasteiger partial charge on any atom is 0.255 e. The molecule has 0 aromatic carbocycles. The van der Waals surface area contributed by atoms with Crippen molar-refractivity contribution in [3.63, 3.8) is 0 Å². The molecular formula is C8H9N3O2S. The van der Waals surface area contributed by atoms with E-state index in [0.717, 1.165) is 5.39 Å². The number of rotatable bonds is 1. The van der Waals surface area contributed by atoms with Gasteiger partial charge in [0.2, 0.25) is 0 Å². The third-order valence-corrected chi connectivity index (χ3v) is 2.79. The van der Waals surface area contributed by atoms with Gasteiger partial charge in [-0.1, -0.05) is 0 Å². The molecule has 6 heteroatoms. The highest BCUT2D eigenvalue weighted by molar-refractivity contribution is 7.89. The van der Waals surface area contributed by atoms with Crippen LogP contribution >= 0.6 is 0 Å². The Hall–Kier alpha value is -1.40. The summed E-state index contributed by atoms with van der Waals surface area (Å²) >= 11 is 0. The number of aryl methyl sites for hydroxylation is 1. The van der Waals surface area contributed by atoms with E-state index in [9.17, 15) is 8.42 Å². The van der Waals surface area contributed by atoms with Crippen LogP contribution < -0.4 is 5.14 Å². The number of fused-ring (bicyclic) bond motifs is 1. The average molecular weight is 211 g/mol. The molecule has 2 heterocycles. The first-order valence-corrected chi connectivity index (χ1v) is 5.48. The molecule has 0 unspecified atom stereocenters. The largest absolute Gasteiger partial charge is 0.336 e. The molecular weight excluding hydrogens is 202 g/mol. The molecule has 0 aliphatic heterocycles. The fraction of sp³-hybridized carbons (Fsp3) is 0.125. The Morgan fingerprint density at radius 3 is 2.71 bits per heavy atom. The van der Waals surface area contributed by atoms with Gasteiger partial charge in [0.1, 0.15) is 5.65 Å². The van der Waals surface area contributed by atoms with Crippen LogP contribution in [0.5, 0.6) is 0 Å². The zero-order valence-corrected chi connectivity index (χ0v) is 8.32. The summed E-state index contributed by atoms with van der Waals surface area (Å²) in [6.07, 6.45) is 1.81. The van der Waals surface area contributed by atoms with Crippen molar-refractivity contribution < 1.29 is 8.42 Å². The van der Waals surface area contributed by atoms with Crippen molar-refractivity contribution in [1.29, 1.82) is 0 Å². The second-order valence-electron chi connectivity index (χ2n) is 3.03. The summed E-state index contributed by atoms with van der Waals surface area (Å²) < 4.78 is 23.8. The quantitative estimate of drug-likeness (QED) is 0.733. The molecule has 0 spiro atoms. The summed E-state index contributed by atoms with van der Waals surface area (Å²) in [5.41, 5.74) is 0.608. The Morgan fingerprint density at radius 2 is 2.07 bits per heavy atom. The van der Waals surface area contributed by atoms with E-state index in [-0.39, 0.29) is 5.03 Å². The Kier molecular flexibility index (Phi) is 1.83. The molecule has 2 aromatic rings. The number of aromatic nitrogens is 2. The zero-order valence-electron chi connectivity index (χ0n) is 7.51. The second kappa shape index (κ2) is 2.79. The monoisotopic (exact) mass is 211 g/mol. The van der Waals surface area contributed by atoms with Crippen LogP contribution in [0.15, 0.2) is 29.4 Å². The highest BCUT2D eigenvalue weighted by atomic mass is 32.2. The van der Waals surface area contributed by atoms with Gasteiger partial charge in [0.15, 0.2) is 5.03 Å². The molecule has 74 valence electrons. The summed E-state index contributed by atoms with van der Waals surface area (Å²) in [5, 5.41) is 5.75. The molecule has 2 N–H and O–H groups in total. The van der Waals surface area contributed by atoms with Crippen molar-refractivity contribution in [2.24, 2.45) is 12.2 Å². The number of hydrogen-bond donors (Lipinski definition) is 1. The van der Waals surface area contributed by atoms with Crippen LogP contribution in [0.25, 0.3) is 11.0 Å². The van der Waals surface area contributed by atoms with E-state index in [4.69, 9.17) is 5.14 Å². The van der Waals surface area contributed by atoms with Crippen molar-refractivity contribution in [2.45, 2.75) is 5.03 Å². The topological polar surface area (TPSA) is 78.0 Å². The van der Waals surface area contributed by atoms with Gasteiger partial charge in [0.25, 0.3) is 10.0 Å². The van der Waals surface area contributed by atoms with Crippen LogP contribution in [-0.4, -0.2) is 18.0 Å². The molecule has 14 heavy (non-hydrogen) atoms. The highest BCUT2D eigenvalue weighted by Gasteiger charge is 2.10. The van der Waals surface area contributed by atoms with Gasteiger partial charge in [-0.05, 0) is 18.2 Å². The summed E-state index contributed by atoms with van der Waals surface area (Å²) in [5.74, 6) is 0. The van der Waals surface area contributed by atoms with E-state index in [0.29, 0.717) is 5.65 Å². The van der Waals surface area contributed by atoms with E-state index in [1.54, 1.807) is 17.7 Å². The molecule has 2 rings (SSSR count). The third kappa shape index (κ3) is 1.38. The van der Waals surface area contributed by atoms with Crippen molar-refractivity contribution >= 4 is 21.1 Å². The van der Waals surface area contributed by atoms with Crippen molar-refractivity contribution in [3.05, 3.63) is 24.4 Å². The first kappa shape index (κ1) is 9.17. The Morgan fingerprint density at radius 1 is 1.36 bits per heavy atom. The van der Waals surface area contributed by atoms with Gasteiger partial charge >= 0.3 is 0 Å². The molecule has 5 nitrogen and oxygen atoms in total. The Bertz CT molecular complexity index is 586. The SMILES string of the molecule is Cn1ccc2ccc(S(N)(=O)=O)nc21. The fourth-order valence-corrected chi connectivity index (χ4v) is 1.75. The predicted molar refractivity (Wildman–Crippen MR) is 52.1 cm³/mol. The van der Waals surface area contributed by atoms with Crippen LogP contribution in [0.4, 0.5) is 0 Å². The van der Waals surface area contributed by atoms with Gasteiger partial charge in [0.05, 0.1) is 0 Å². The van der Waals surface area contributed by atoms with Gasteiger partial charge in [-0.15, -0.1) is 0 Å². The van der Waals surface area contributed by atoms with Crippen LogP contribution in [-0.2, 0) is 17.1 Å². The van der Waals surface area contributed by atoms with E-state index in [1.165, 1.54) is 6.07 Å². The van der Waals surface area contributed by atoms with Gasteiger partial charge < -0.3 is 4.57 Å². The van der Waals surface area contributed by atoms with E-state index < -0.39 is 10.0 Å². The summed E-state index contributed by atoms with van der Waals surface area (Å²) in [6.45, 7) is 0. The molecule has 0 saturated carbocycles. The maximum absolute atomic E-state index is 11.0. The van der Waals surface area contributed by atoms with Crippen LogP contribution in [0.3, 0.4) is 0 Å². The molecule has 2 aromatic heterocycles. The second-order valence-corrected chi connectivity index (χ2v) is 4.54. The number of primary sulfonamides is 1. The minimum absolute atomic E-state index is 0.105. The first-order valence-electron chi connectivity index (χ1n) is 3.93. The minimum Gasteiger partial charge on any atom is -0.336 e. The van der Waals surface area contributed by atoms with E-state index >= 15 is 0 Å². The zero-order chi connectivity index (χ0) is 10.3. The summed E-state index contributed by atoms with van der Waals surface area (Å²) in [6, 6.07) is 4.94. The number of pyridine rings is 1. The lowest BCUT2D eigenvalue weighted by Crippen LogP contribution is -2.14. The first-order chi connectivity index (χ1) is 6.48. The molecule has 0 atom stereocenters. The fourth-order valence-electron chi connectivity index (χ4n) is 1.28. The van der Waals surface area contributed by atoms with Gasteiger partial charge in [-0.3, -0.25) is 0 Å². The normalized spacial score (nSPS) is 12.1. The van der Waals surface area contributed by atoms with Crippen LogP contribution in [0, 0.1) is 0 Å². The lowest BCUT2D eigenvalue weighted by Gasteiger charge is -1.98. The van der Waals surface area contributed by atoms with Gasteiger partial charge in [0, 0.05) is 18.6 Å². The Balaban J connectivity index is 2.79. The molecule has 0 radical (unpaired) electrons. The lowest BCUT2D eigenvalue weighted by molar-refractivity contribution is 0.594. The lowest BCUT2D eigenvalue weighted by atomic mass is 10.3. The number of sulfonamides is 1. The molecule has 0 bridgehead atoms. The van der Waals surface area contributed by atoms with Crippen LogP contribution in [0.1, 0.15) is 0 Å². The molecule has 0 aliphatic rings. The third-order valence-electron chi connectivity index (χ3n) is 1.98. The Labute approximate surface area is 81.2 Å². The van der Waals surface area contributed by atoms with E-state index in [2.05, 4.69) is 4.98 Å². The molecule has 0 amide bonds. The standard InChI is InChI=1S/C8H9N3O2S/c1-11-5-4-6-2-3-7(10-8(6)11)14(9,12)13/h2-5H,1H3,(H2,9,12,13). The highest BCUT2D eigenvalue weighted by Crippen LogP contribution is 2.14. The van der Waals surface area contributed by atoms with Crippen molar-refractivity contribution in [3.8, 4) is 0 Å². The van der Waals surface area contributed by atoms with Crippen molar-refractivity contribution in [2.75, 3.05) is 0 Å². The maximum atomic E-state index is 11.0. The van der Waals surface area contributed by atoms with Crippen molar-refractivity contribution in [1.82, 2.24) is 9.55 Å². The van der Waals surface area contributed by atoms with Gasteiger partial charge in [-0.25, -0.2) is 18.5 Å². The molecule has 0 aliphatic carbocycles. The number of nitrogens with zero attached hydrogens (tertiary/aromatic N) is 2. The van der Waals surface area contributed by atoms with Gasteiger partial charge in [-0.2, -0.15) is 0 Å². The summed E-state index contributed by atoms with van der Waals surface area (Å²) in [4.78, 5) is 3.96. The molecule has 0 fully saturated rings. The van der Waals surface area contributed by atoms with Crippen LogP contribution in [0.2, 0.25) is 0 Å². The number of nitrogens with two attached hydrogens (primary N) is 1. The van der Waals surface area contributed by atoms with E-state index in [1.807, 2.05) is 12.3 Å². The average Bonchev–Trinajstić information content (AvgIpc) is 2.46. The summed E-state index contributed by atoms with van der Waals surface area (Å²) in [7, 11) is -1.92. The smallest absolute Gasteiger partial charge is 0.255 e. The predicted octanol–water partition coefficient (Wildman–Crippen LogP) is 0.221. The minimum atomic E-state index is -3.71.